The summed E-state index contributed by atoms with van der Waals surface area (Å²) in [6.07, 6.45) is 1.23. The third-order valence-corrected chi connectivity index (χ3v) is 8.90. The van der Waals surface area contributed by atoms with Crippen LogP contribution in [0.4, 0.5) is 9.18 Å². The lowest BCUT2D eigenvalue weighted by molar-refractivity contribution is -0.117. The van der Waals surface area contributed by atoms with Crippen LogP contribution in [0.3, 0.4) is 0 Å². The van der Waals surface area contributed by atoms with Gasteiger partial charge in [-0.25, -0.2) is 13.2 Å². The van der Waals surface area contributed by atoms with Crippen LogP contribution < -0.4 is 10.6 Å². The van der Waals surface area contributed by atoms with Crippen LogP contribution in [0.5, 0.6) is 0 Å². The number of Topliss-reactive ketones (excluding diaryl/α,β-unsaturated/α-hetero) is 1. The molecule has 12 nitrogen and oxygen atoms in total. The Morgan fingerprint density at radius 3 is 2.62 bits per heavy atom. The van der Waals surface area contributed by atoms with Crippen molar-refractivity contribution in [2.24, 2.45) is 0 Å². The summed E-state index contributed by atoms with van der Waals surface area (Å²) in [5, 5.41) is 17.1. The van der Waals surface area contributed by atoms with Gasteiger partial charge in [0.15, 0.2) is 15.6 Å². The molecule has 0 bridgehead atoms. The molecule has 1 aromatic carbocycles. The number of amides is 1. The van der Waals surface area contributed by atoms with Crippen molar-refractivity contribution in [1.82, 2.24) is 35.7 Å². The molecule has 1 aromatic heterocycles. The molecule has 0 radical (unpaired) electrons. The zero-order valence-corrected chi connectivity index (χ0v) is 25.1. The van der Waals surface area contributed by atoms with Gasteiger partial charge in [-0.2, -0.15) is 9.19 Å². The quantitative estimate of drug-likeness (QED) is 0.479. The number of ether oxygens (including phenoxy) is 1. The summed E-state index contributed by atoms with van der Waals surface area (Å²) >= 11 is 6.05. The Kier molecular flexibility index (Phi) is 7.98. The molecule has 0 spiro atoms. The molecular formula is C27H31ClFN7O5S. The maximum absolute atomic E-state index is 15.8. The normalized spacial score (nSPS) is 22.8. The van der Waals surface area contributed by atoms with Crippen molar-refractivity contribution < 1.29 is 27.1 Å². The van der Waals surface area contributed by atoms with Gasteiger partial charge >= 0.3 is 6.09 Å². The number of likely N-dealkylation sites (tertiary alicyclic amines) is 1. The van der Waals surface area contributed by atoms with Crippen LogP contribution in [-0.4, -0.2) is 82.9 Å². The first kappa shape index (κ1) is 29.9. The van der Waals surface area contributed by atoms with Crippen molar-refractivity contribution in [3.8, 4) is 0 Å². The van der Waals surface area contributed by atoms with Gasteiger partial charge in [0.05, 0.1) is 22.9 Å². The summed E-state index contributed by atoms with van der Waals surface area (Å²) in [7, 11) is -2.32. The lowest BCUT2D eigenvalue weighted by atomic mass is 9.91. The van der Waals surface area contributed by atoms with Gasteiger partial charge in [0.1, 0.15) is 16.7 Å². The standard InChI is InChI=1S/C27H31ClFN7O5S/c1-27(2,3)41-26(38)30-20-14-42(39,40)25-21(22(20)37)16(11-15-5-7-17(28)8-6-15)12-19(23(29)31-25)24-32-34-36(33-24)18-9-10-35(4)13-18/h5-8,12,18,20,31H,9-11,13-14H2,1-4H3,(H,30,38)/t18-,20-/m0/s1. The fourth-order valence-electron chi connectivity index (χ4n) is 5.01. The van der Waals surface area contributed by atoms with Crippen LogP contribution in [0.15, 0.2) is 52.5 Å². The summed E-state index contributed by atoms with van der Waals surface area (Å²) < 4.78 is 48.0. The Morgan fingerprint density at radius 1 is 1.26 bits per heavy atom. The molecule has 3 aliphatic heterocycles. The predicted octanol–water partition coefficient (Wildman–Crippen LogP) is 2.72. The highest BCUT2D eigenvalue weighted by atomic mass is 35.5. The van der Waals surface area contributed by atoms with Crippen LogP contribution >= 0.6 is 11.6 Å². The molecule has 1 fully saturated rings. The van der Waals surface area contributed by atoms with Crippen LogP contribution in [-0.2, 0) is 25.8 Å². The number of alkyl carbamates (subject to hydrolysis) is 1. The fraction of sp³-hybridized carbons (Fsp3) is 0.444. The highest BCUT2D eigenvalue weighted by molar-refractivity contribution is 7.95. The largest absolute Gasteiger partial charge is 0.444 e. The van der Waals surface area contributed by atoms with E-state index in [1.54, 1.807) is 45.0 Å². The summed E-state index contributed by atoms with van der Waals surface area (Å²) in [4.78, 5) is 29.9. The summed E-state index contributed by atoms with van der Waals surface area (Å²) in [6, 6.07) is 5.22. The number of carbonyl (C=O) groups excluding carboxylic acids is 2. The first-order valence-electron chi connectivity index (χ1n) is 13.3. The van der Waals surface area contributed by atoms with Crippen LogP contribution in [0, 0.1) is 0 Å². The molecule has 42 heavy (non-hydrogen) atoms. The Balaban J connectivity index is 1.57. The average Bonchev–Trinajstić information content (AvgIpc) is 3.51. The van der Waals surface area contributed by atoms with Gasteiger partial charge in [-0.3, -0.25) is 4.79 Å². The number of rotatable bonds is 5. The first-order valence-corrected chi connectivity index (χ1v) is 15.3. The number of likely N-dealkylation sites (N-methyl/N-ethyl adjacent to an activating group) is 1. The summed E-state index contributed by atoms with van der Waals surface area (Å²) in [5.41, 5.74) is -0.451. The van der Waals surface area contributed by atoms with Gasteiger partial charge in [-0.05, 0) is 75.2 Å². The number of nitrogens with one attached hydrogen (secondary N) is 2. The predicted molar refractivity (Wildman–Crippen MR) is 152 cm³/mol. The number of aromatic nitrogens is 4. The van der Waals surface area contributed by atoms with E-state index in [1.165, 1.54) is 10.9 Å². The Morgan fingerprint density at radius 2 is 1.98 bits per heavy atom. The molecule has 15 heteroatoms. The number of carbonyl (C=O) groups is 2. The fourth-order valence-corrected chi connectivity index (χ4v) is 6.76. The van der Waals surface area contributed by atoms with Crippen LogP contribution in [0.25, 0.3) is 5.57 Å². The lowest BCUT2D eigenvalue weighted by Gasteiger charge is -2.28. The molecule has 1 amide bonds. The number of allylic oxidation sites excluding steroid dienone is 3. The van der Waals surface area contributed by atoms with Crippen molar-refractivity contribution in [2.75, 3.05) is 25.9 Å². The van der Waals surface area contributed by atoms with Crippen LogP contribution in [0.2, 0.25) is 5.02 Å². The molecule has 2 N–H and O–H groups in total. The molecule has 224 valence electrons. The van der Waals surface area contributed by atoms with Crippen molar-refractivity contribution >= 4 is 38.9 Å². The maximum Gasteiger partial charge on any atom is 0.408 e. The Hall–Kier alpha value is -3.62. The molecule has 3 aliphatic rings. The second-order valence-corrected chi connectivity index (χ2v) is 13.9. The SMILES string of the molecule is CN1CC[C@H](n2nnc(C3=C(F)NC4=C(C(=O)[C@@H](NC(=O)OC(C)(C)C)CS4(=O)=O)C(Cc4ccc(Cl)cc4)=C3)n2)C1. The monoisotopic (exact) mass is 619 g/mol. The number of halogens is 2. The number of benzene rings is 1. The number of nitrogens with zero attached hydrogens (tertiary/aromatic N) is 5. The number of ketones is 1. The van der Waals surface area contributed by atoms with Crippen LogP contribution in [0.1, 0.15) is 44.6 Å². The molecule has 0 saturated carbocycles. The molecule has 4 heterocycles. The molecule has 0 aliphatic carbocycles. The summed E-state index contributed by atoms with van der Waals surface area (Å²) in [6.45, 7) is 6.46. The van der Waals surface area contributed by atoms with E-state index in [2.05, 4.69) is 30.9 Å². The van der Waals surface area contributed by atoms with E-state index in [-0.39, 0.29) is 35.0 Å². The smallest absolute Gasteiger partial charge is 0.408 e. The maximum atomic E-state index is 15.8. The molecule has 5 rings (SSSR count). The van der Waals surface area contributed by atoms with Gasteiger partial charge in [0.25, 0.3) is 0 Å². The van der Waals surface area contributed by atoms with E-state index in [0.29, 0.717) is 17.1 Å². The van der Waals surface area contributed by atoms with Gasteiger partial charge in [-0.1, -0.05) is 23.7 Å². The topological polar surface area (TPSA) is 148 Å². The van der Waals surface area contributed by atoms with Crippen molar-refractivity contribution in [3.05, 3.63) is 68.9 Å². The van der Waals surface area contributed by atoms with E-state index in [9.17, 15) is 18.0 Å². The second kappa shape index (κ2) is 11.2. The Labute approximate surface area is 247 Å². The highest BCUT2D eigenvalue weighted by Gasteiger charge is 2.43. The van der Waals surface area contributed by atoms with Crippen molar-refractivity contribution in [2.45, 2.75) is 51.3 Å². The minimum atomic E-state index is -4.29. The highest BCUT2D eigenvalue weighted by Crippen LogP contribution is 2.35. The van der Waals surface area contributed by atoms with Gasteiger partial charge in [0, 0.05) is 18.1 Å². The Bertz CT molecular complexity index is 1630. The van der Waals surface area contributed by atoms with E-state index in [1.807, 2.05) is 7.05 Å². The molecule has 2 aromatic rings. The number of hydrogen-bond acceptors (Lipinski definition) is 10. The molecule has 0 unspecified atom stereocenters. The van der Waals surface area contributed by atoms with E-state index >= 15 is 4.39 Å². The third-order valence-electron chi connectivity index (χ3n) is 6.95. The first-order chi connectivity index (χ1) is 19.7. The number of hydrogen-bond donors (Lipinski definition) is 2. The second-order valence-electron chi connectivity index (χ2n) is 11.5. The zero-order chi connectivity index (χ0) is 30.4. The molecule has 1 saturated heterocycles. The summed E-state index contributed by atoms with van der Waals surface area (Å²) in [5.74, 6) is -2.61. The van der Waals surface area contributed by atoms with E-state index in [4.69, 9.17) is 16.3 Å². The van der Waals surface area contributed by atoms with Crippen molar-refractivity contribution in [3.63, 3.8) is 0 Å². The minimum Gasteiger partial charge on any atom is -0.444 e. The zero-order valence-electron chi connectivity index (χ0n) is 23.5. The number of tetrazole rings is 1. The molecular weight excluding hydrogens is 589 g/mol. The average molecular weight is 620 g/mol. The van der Waals surface area contributed by atoms with Gasteiger partial charge in [0.2, 0.25) is 11.8 Å². The number of sulfone groups is 1. The lowest BCUT2D eigenvalue weighted by Crippen LogP contribution is -2.51. The van der Waals surface area contributed by atoms with E-state index in [0.717, 1.165) is 13.0 Å². The van der Waals surface area contributed by atoms with Gasteiger partial charge < -0.3 is 20.3 Å². The minimum absolute atomic E-state index is 0.0381. The van der Waals surface area contributed by atoms with Gasteiger partial charge in [-0.15, -0.1) is 10.2 Å². The van der Waals surface area contributed by atoms with E-state index < -0.39 is 50.1 Å². The molecule has 2 atom stereocenters. The van der Waals surface area contributed by atoms with Crippen molar-refractivity contribution in [1.29, 1.82) is 0 Å². The third kappa shape index (κ3) is 6.40.